The maximum absolute atomic E-state index is 12.9. The number of amides is 1. The van der Waals surface area contributed by atoms with E-state index < -0.39 is 5.72 Å². The van der Waals surface area contributed by atoms with Crippen LogP contribution in [0, 0.1) is 0 Å². The van der Waals surface area contributed by atoms with Gasteiger partial charge in [0.15, 0.2) is 5.72 Å². The highest BCUT2D eigenvalue weighted by molar-refractivity contribution is 5.82. The molecule has 2 aromatic carbocycles. The summed E-state index contributed by atoms with van der Waals surface area (Å²) in [4.78, 5) is 17.2. The lowest BCUT2D eigenvalue weighted by atomic mass is 10.0. The standard InChI is InChI=1S/C21H22N2O3/c24-17-8-4-5-15(11-17)13-22-10-9-21-19(22)12-20(25)23(21)18(14-26-21)16-6-2-1-3-7-16/h1-8,11,18-19,24H,9-10,12-14H2/t18-,19+,21-/m0/s1. The van der Waals surface area contributed by atoms with Crippen LogP contribution in [-0.2, 0) is 16.1 Å². The van der Waals surface area contributed by atoms with Crippen LogP contribution in [0.15, 0.2) is 54.6 Å². The number of hydrogen-bond acceptors (Lipinski definition) is 4. The van der Waals surface area contributed by atoms with Gasteiger partial charge in [0.1, 0.15) is 5.75 Å². The van der Waals surface area contributed by atoms with Crippen LogP contribution in [0.2, 0.25) is 0 Å². The van der Waals surface area contributed by atoms with E-state index in [9.17, 15) is 9.90 Å². The molecule has 134 valence electrons. The van der Waals surface area contributed by atoms with Gasteiger partial charge in [-0.2, -0.15) is 0 Å². The molecule has 0 unspecified atom stereocenters. The van der Waals surface area contributed by atoms with Crippen molar-refractivity contribution in [2.75, 3.05) is 13.2 Å². The molecule has 5 heteroatoms. The lowest BCUT2D eigenvalue weighted by Crippen LogP contribution is -2.48. The van der Waals surface area contributed by atoms with Gasteiger partial charge < -0.3 is 14.7 Å². The minimum absolute atomic E-state index is 0.00872. The number of nitrogens with zero attached hydrogens (tertiary/aromatic N) is 2. The summed E-state index contributed by atoms with van der Waals surface area (Å²) in [5.41, 5.74) is 1.71. The summed E-state index contributed by atoms with van der Waals surface area (Å²) < 4.78 is 6.33. The number of rotatable bonds is 3. The Morgan fingerprint density at radius 2 is 2.00 bits per heavy atom. The van der Waals surface area contributed by atoms with Crippen LogP contribution in [0.5, 0.6) is 5.75 Å². The molecule has 3 aliphatic rings. The second kappa shape index (κ2) is 5.83. The number of phenolic OH excluding ortho intramolecular Hbond substituents is 1. The van der Waals surface area contributed by atoms with Gasteiger partial charge in [-0.3, -0.25) is 9.69 Å². The summed E-state index contributed by atoms with van der Waals surface area (Å²) in [7, 11) is 0. The fraction of sp³-hybridized carbons (Fsp3) is 0.381. The van der Waals surface area contributed by atoms with Crippen molar-refractivity contribution in [3.05, 3.63) is 65.7 Å². The first-order valence-corrected chi connectivity index (χ1v) is 9.20. The second-order valence-electron chi connectivity index (χ2n) is 7.46. The van der Waals surface area contributed by atoms with E-state index in [1.807, 2.05) is 35.2 Å². The van der Waals surface area contributed by atoms with Crippen molar-refractivity contribution in [2.24, 2.45) is 0 Å². The van der Waals surface area contributed by atoms with Gasteiger partial charge in [-0.15, -0.1) is 0 Å². The zero-order valence-corrected chi connectivity index (χ0v) is 14.5. The maximum atomic E-state index is 12.9. The second-order valence-corrected chi connectivity index (χ2v) is 7.46. The average Bonchev–Trinajstić information content (AvgIpc) is 3.26. The Bertz CT molecular complexity index is 840. The van der Waals surface area contributed by atoms with Crippen molar-refractivity contribution >= 4 is 5.91 Å². The number of hydrogen-bond donors (Lipinski definition) is 1. The van der Waals surface area contributed by atoms with Crippen molar-refractivity contribution < 1.29 is 14.6 Å². The van der Waals surface area contributed by atoms with E-state index in [1.54, 1.807) is 12.1 Å². The van der Waals surface area contributed by atoms with Crippen LogP contribution in [0.3, 0.4) is 0 Å². The number of carbonyl (C=O) groups excluding carboxylic acids is 1. The van der Waals surface area contributed by atoms with E-state index in [4.69, 9.17) is 4.74 Å². The highest BCUT2D eigenvalue weighted by Gasteiger charge is 2.64. The first-order valence-electron chi connectivity index (χ1n) is 9.20. The molecular formula is C21H22N2O3. The van der Waals surface area contributed by atoms with Crippen molar-refractivity contribution in [3.63, 3.8) is 0 Å². The average molecular weight is 350 g/mol. The zero-order valence-electron chi connectivity index (χ0n) is 14.5. The molecule has 2 aromatic rings. The molecule has 0 saturated carbocycles. The largest absolute Gasteiger partial charge is 0.508 e. The number of ether oxygens (including phenoxy) is 1. The number of benzene rings is 2. The van der Waals surface area contributed by atoms with E-state index >= 15 is 0 Å². The summed E-state index contributed by atoms with van der Waals surface area (Å²) in [5, 5.41) is 9.72. The summed E-state index contributed by atoms with van der Waals surface area (Å²) in [6.45, 7) is 2.18. The normalized spacial score (nSPS) is 30.6. The Morgan fingerprint density at radius 1 is 1.15 bits per heavy atom. The molecule has 0 bridgehead atoms. The molecule has 0 radical (unpaired) electrons. The molecule has 3 heterocycles. The van der Waals surface area contributed by atoms with Gasteiger partial charge >= 0.3 is 0 Å². The molecule has 5 rings (SSSR count). The molecule has 3 atom stereocenters. The summed E-state index contributed by atoms with van der Waals surface area (Å²) in [6.07, 6.45) is 1.34. The molecule has 3 fully saturated rings. The molecule has 5 nitrogen and oxygen atoms in total. The van der Waals surface area contributed by atoms with Crippen LogP contribution >= 0.6 is 0 Å². The summed E-state index contributed by atoms with van der Waals surface area (Å²) in [6, 6.07) is 17.6. The lowest BCUT2D eigenvalue weighted by molar-refractivity contribution is -0.138. The minimum Gasteiger partial charge on any atom is -0.508 e. The van der Waals surface area contributed by atoms with Gasteiger partial charge in [0, 0.05) is 25.9 Å². The molecule has 1 amide bonds. The Morgan fingerprint density at radius 3 is 2.81 bits per heavy atom. The van der Waals surface area contributed by atoms with Crippen LogP contribution in [0.1, 0.15) is 30.0 Å². The monoisotopic (exact) mass is 350 g/mol. The van der Waals surface area contributed by atoms with Crippen LogP contribution in [0.4, 0.5) is 0 Å². The van der Waals surface area contributed by atoms with Crippen molar-refractivity contribution in [3.8, 4) is 5.75 Å². The van der Waals surface area contributed by atoms with Gasteiger partial charge in [0.2, 0.25) is 5.91 Å². The molecule has 26 heavy (non-hydrogen) atoms. The molecule has 0 aliphatic carbocycles. The maximum Gasteiger partial charge on any atom is 0.227 e. The highest BCUT2D eigenvalue weighted by atomic mass is 16.5. The smallest absolute Gasteiger partial charge is 0.227 e. The predicted octanol–water partition coefficient (Wildman–Crippen LogP) is 2.67. The van der Waals surface area contributed by atoms with Crippen LogP contribution in [0.25, 0.3) is 0 Å². The van der Waals surface area contributed by atoms with Gasteiger partial charge in [-0.25, -0.2) is 0 Å². The molecule has 0 aromatic heterocycles. The Labute approximate surface area is 152 Å². The van der Waals surface area contributed by atoms with Crippen LogP contribution in [-0.4, -0.2) is 45.7 Å². The fourth-order valence-electron chi connectivity index (χ4n) is 4.93. The number of phenols is 1. The number of aromatic hydroxyl groups is 1. The molecule has 3 saturated heterocycles. The Kier molecular flexibility index (Phi) is 3.55. The summed E-state index contributed by atoms with van der Waals surface area (Å²) in [5.74, 6) is 0.462. The SMILES string of the molecule is O=C1C[C@H]2N(Cc3cccc(O)c3)CC[C@]23OC[C@@H](c2ccccc2)N13. The fourth-order valence-corrected chi connectivity index (χ4v) is 4.93. The molecule has 1 N–H and O–H groups in total. The van der Waals surface area contributed by atoms with E-state index in [-0.39, 0.29) is 23.7 Å². The molecule has 1 spiro atoms. The molecule has 3 aliphatic heterocycles. The van der Waals surface area contributed by atoms with E-state index in [0.29, 0.717) is 13.0 Å². The third-order valence-electron chi connectivity index (χ3n) is 6.05. The molecular weight excluding hydrogens is 328 g/mol. The predicted molar refractivity (Wildman–Crippen MR) is 96.3 cm³/mol. The van der Waals surface area contributed by atoms with E-state index in [2.05, 4.69) is 17.0 Å². The first kappa shape index (κ1) is 15.9. The van der Waals surface area contributed by atoms with Gasteiger partial charge in [0.25, 0.3) is 0 Å². The summed E-state index contributed by atoms with van der Waals surface area (Å²) >= 11 is 0. The lowest BCUT2D eigenvalue weighted by Gasteiger charge is -2.33. The van der Waals surface area contributed by atoms with Crippen molar-refractivity contribution in [2.45, 2.75) is 37.2 Å². The van der Waals surface area contributed by atoms with Gasteiger partial charge in [0.05, 0.1) is 18.7 Å². The van der Waals surface area contributed by atoms with E-state index in [1.165, 1.54) is 0 Å². The Hall–Kier alpha value is -2.37. The first-order chi connectivity index (χ1) is 12.7. The number of likely N-dealkylation sites (tertiary alicyclic amines) is 1. The van der Waals surface area contributed by atoms with Crippen LogP contribution < -0.4 is 0 Å². The third-order valence-corrected chi connectivity index (χ3v) is 6.05. The minimum atomic E-state index is -0.492. The van der Waals surface area contributed by atoms with Crippen molar-refractivity contribution in [1.29, 1.82) is 0 Å². The van der Waals surface area contributed by atoms with Crippen molar-refractivity contribution in [1.82, 2.24) is 9.80 Å². The van der Waals surface area contributed by atoms with Gasteiger partial charge in [-0.1, -0.05) is 42.5 Å². The third kappa shape index (κ3) is 2.27. The topological polar surface area (TPSA) is 53.0 Å². The number of carbonyl (C=O) groups is 1. The van der Waals surface area contributed by atoms with E-state index in [0.717, 1.165) is 30.6 Å². The zero-order chi connectivity index (χ0) is 17.7. The Balaban J connectivity index is 1.42. The quantitative estimate of drug-likeness (QED) is 0.925. The highest BCUT2D eigenvalue weighted by Crippen LogP contribution is 2.51. The van der Waals surface area contributed by atoms with Gasteiger partial charge in [-0.05, 0) is 23.3 Å².